The lowest BCUT2D eigenvalue weighted by Crippen LogP contribution is -2.24. The van der Waals surface area contributed by atoms with Crippen LogP contribution in [0.25, 0.3) is 9.75 Å². The molecule has 0 bridgehead atoms. The van der Waals surface area contributed by atoms with Crippen LogP contribution in [0.4, 0.5) is 0 Å². The number of rotatable bonds is 16. The quantitative estimate of drug-likeness (QED) is 0.142. The highest BCUT2D eigenvalue weighted by atomic mass is 79.9. The monoisotopic (exact) mass is 558 g/mol. The molecule has 4 heteroatoms. The summed E-state index contributed by atoms with van der Waals surface area (Å²) in [6.07, 6.45) is 19.3. The maximum absolute atomic E-state index is 3.55. The van der Waals surface area contributed by atoms with E-state index in [9.17, 15) is 0 Å². The maximum atomic E-state index is 3.55. The van der Waals surface area contributed by atoms with Crippen LogP contribution in [0.5, 0.6) is 0 Å². The van der Waals surface area contributed by atoms with E-state index < -0.39 is 0 Å². The van der Waals surface area contributed by atoms with Crippen LogP contribution in [0.3, 0.4) is 0 Å². The maximum Gasteiger partial charge on any atom is 0.0486 e. The van der Waals surface area contributed by atoms with Crippen molar-refractivity contribution in [3.63, 3.8) is 0 Å². The molecule has 162 valence electrons. The average Bonchev–Trinajstić information content (AvgIpc) is 3.43. The highest BCUT2D eigenvalue weighted by Crippen LogP contribution is 2.57. The van der Waals surface area contributed by atoms with Crippen molar-refractivity contribution in [3.05, 3.63) is 34.0 Å². The Labute approximate surface area is 203 Å². The first-order valence-corrected chi connectivity index (χ1v) is 15.6. The summed E-state index contributed by atoms with van der Waals surface area (Å²) in [5, 5.41) is 6.99. The van der Waals surface area contributed by atoms with E-state index in [1.54, 1.807) is 20.9 Å². The smallest absolute Gasteiger partial charge is 0.0486 e. The molecule has 0 radical (unpaired) electrons. The second-order valence-electron chi connectivity index (χ2n) is 8.53. The largest absolute Gasteiger partial charge is 0.143 e. The molecule has 0 fully saturated rings. The van der Waals surface area contributed by atoms with Crippen LogP contribution in [0.1, 0.15) is 101 Å². The summed E-state index contributed by atoms with van der Waals surface area (Å²) in [4.78, 5) is 3.18. The zero-order valence-electron chi connectivity index (χ0n) is 17.7. The number of unbranched alkanes of at least 4 members (excludes halogenated alkanes) is 10. The standard InChI is InChI=1S/C25H36Br2S2/c26-17-11-7-3-1-5-9-15-25(16-10-6-2-4-8-12-18-27)21-13-19-28-23(21)24-22(25)14-20-29-24/h13-14,19-20H,1-12,15-18H2. The van der Waals surface area contributed by atoms with Gasteiger partial charge >= 0.3 is 0 Å². The van der Waals surface area contributed by atoms with E-state index in [1.165, 1.54) is 89.9 Å². The Hall–Kier alpha value is 0.360. The van der Waals surface area contributed by atoms with E-state index in [2.05, 4.69) is 54.8 Å². The average molecular weight is 561 g/mol. The molecule has 0 atom stereocenters. The molecule has 29 heavy (non-hydrogen) atoms. The summed E-state index contributed by atoms with van der Waals surface area (Å²) in [7, 11) is 0. The molecule has 2 aromatic rings. The summed E-state index contributed by atoms with van der Waals surface area (Å²) >= 11 is 11.0. The van der Waals surface area contributed by atoms with Crippen molar-refractivity contribution in [3.8, 4) is 9.75 Å². The number of alkyl halides is 2. The van der Waals surface area contributed by atoms with Crippen molar-refractivity contribution in [1.82, 2.24) is 0 Å². The van der Waals surface area contributed by atoms with Crippen molar-refractivity contribution in [2.45, 2.75) is 95.3 Å². The fourth-order valence-corrected chi connectivity index (χ4v) is 7.97. The number of hydrogen-bond donors (Lipinski definition) is 0. The third kappa shape index (κ3) is 6.20. The van der Waals surface area contributed by atoms with Gasteiger partial charge in [-0.25, -0.2) is 0 Å². The minimum atomic E-state index is 0.316. The highest BCUT2D eigenvalue weighted by molar-refractivity contribution is 9.09. The van der Waals surface area contributed by atoms with E-state index in [-0.39, 0.29) is 0 Å². The van der Waals surface area contributed by atoms with Gasteiger partial charge in [-0.1, -0.05) is 96.1 Å². The van der Waals surface area contributed by atoms with Crippen molar-refractivity contribution in [2.75, 3.05) is 10.7 Å². The van der Waals surface area contributed by atoms with Crippen LogP contribution in [0.2, 0.25) is 0 Å². The SMILES string of the molecule is BrCCCCCCCCC1(CCCCCCCCBr)c2ccsc2-c2sccc21. The molecule has 3 rings (SSSR count). The summed E-state index contributed by atoms with van der Waals surface area (Å²) in [6, 6.07) is 4.91. The molecule has 0 aromatic carbocycles. The van der Waals surface area contributed by atoms with Crippen LogP contribution < -0.4 is 0 Å². The summed E-state index contributed by atoms with van der Waals surface area (Å²) in [5.41, 5.74) is 3.65. The normalized spacial score (nSPS) is 14.3. The van der Waals surface area contributed by atoms with Gasteiger partial charge in [0.15, 0.2) is 0 Å². The van der Waals surface area contributed by atoms with Gasteiger partial charge in [0.05, 0.1) is 0 Å². The Kier molecular flexibility index (Phi) is 10.8. The van der Waals surface area contributed by atoms with Gasteiger partial charge in [-0.3, -0.25) is 0 Å². The van der Waals surface area contributed by atoms with Gasteiger partial charge in [0.25, 0.3) is 0 Å². The lowest BCUT2D eigenvalue weighted by atomic mass is 9.71. The first-order valence-electron chi connectivity index (χ1n) is 11.6. The lowest BCUT2D eigenvalue weighted by molar-refractivity contribution is 0.399. The van der Waals surface area contributed by atoms with Crippen LogP contribution >= 0.6 is 54.5 Å². The van der Waals surface area contributed by atoms with Crippen LogP contribution in [-0.4, -0.2) is 10.7 Å². The van der Waals surface area contributed by atoms with E-state index in [0.29, 0.717) is 5.41 Å². The zero-order chi connectivity index (χ0) is 20.4. The van der Waals surface area contributed by atoms with Gasteiger partial charge in [0.1, 0.15) is 0 Å². The zero-order valence-corrected chi connectivity index (χ0v) is 22.5. The van der Waals surface area contributed by atoms with Crippen molar-refractivity contribution in [2.24, 2.45) is 0 Å². The number of halogens is 2. The Morgan fingerprint density at radius 3 is 1.34 bits per heavy atom. The Balaban J connectivity index is 1.58. The molecule has 1 aliphatic rings. The molecule has 0 aliphatic heterocycles. The van der Waals surface area contributed by atoms with Crippen LogP contribution in [0, 0.1) is 0 Å². The highest BCUT2D eigenvalue weighted by Gasteiger charge is 2.43. The molecule has 0 N–H and O–H groups in total. The number of fused-ring (bicyclic) bond motifs is 3. The van der Waals surface area contributed by atoms with Crippen molar-refractivity contribution >= 4 is 54.5 Å². The van der Waals surface area contributed by atoms with Crippen LogP contribution in [0.15, 0.2) is 22.9 Å². The molecule has 0 amide bonds. The van der Waals surface area contributed by atoms with Gasteiger partial charge in [-0.05, 0) is 59.7 Å². The first kappa shape index (κ1) is 24.0. The fraction of sp³-hybridized carbons (Fsp3) is 0.680. The van der Waals surface area contributed by atoms with Crippen molar-refractivity contribution < 1.29 is 0 Å². The molecule has 0 saturated heterocycles. The molecule has 0 spiro atoms. The summed E-state index contributed by atoms with van der Waals surface area (Å²) in [6.45, 7) is 0. The molecule has 2 heterocycles. The third-order valence-electron chi connectivity index (χ3n) is 6.54. The van der Waals surface area contributed by atoms with Gasteiger partial charge < -0.3 is 0 Å². The topological polar surface area (TPSA) is 0 Å². The molecular formula is C25H36Br2S2. The molecule has 0 saturated carbocycles. The van der Waals surface area contributed by atoms with E-state index in [0.717, 1.165) is 10.7 Å². The number of hydrogen-bond acceptors (Lipinski definition) is 2. The summed E-state index contributed by atoms with van der Waals surface area (Å²) in [5.74, 6) is 0. The fourth-order valence-electron chi connectivity index (χ4n) is 4.99. The molecule has 2 aromatic heterocycles. The Morgan fingerprint density at radius 1 is 0.552 bits per heavy atom. The second kappa shape index (κ2) is 13.0. The van der Waals surface area contributed by atoms with E-state index in [4.69, 9.17) is 0 Å². The second-order valence-corrected chi connectivity index (χ2v) is 11.9. The van der Waals surface area contributed by atoms with E-state index >= 15 is 0 Å². The van der Waals surface area contributed by atoms with E-state index in [1.807, 2.05) is 22.7 Å². The molecule has 0 nitrogen and oxygen atoms in total. The molecule has 1 aliphatic carbocycles. The minimum Gasteiger partial charge on any atom is -0.143 e. The first-order chi connectivity index (χ1) is 14.3. The molecule has 0 unspecified atom stereocenters. The summed E-state index contributed by atoms with van der Waals surface area (Å²) < 4.78 is 0. The van der Waals surface area contributed by atoms with Crippen molar-refractivity contribution in [1.29, 1.82) is 0 Å². The van der Waals surface area contributed by atoms with Gasteiger partial charge in [0, 0.05) is 25.8 Å². The Bertz CT molecular complexity index is 643. The van der Waals surface area contributed by atoms with Crippen LogP contribution in [-0.2, 0) is 5.41 Å². The lowest BCUT2D eigenvalue weighted by Gasteiger charge is -2.31. The number of thiophene rings is 2. The van der Waals surface area contributed by atoms with Gasteiger partial charge in [-0.15, -0.1) is 22.7 Å². The van der Waals surface area contributed by atoms with Gasteiger partial charge in [0.2, 0.25) is 0 Å². The predicted molar refractivity (Wildman–Crippen MR) is 141 cm³/mol. The predicted octanol–water partition coefficient (Wildman–Crippen LogP) is 10.3. The third-order valence-corrected chi connectivity index (χ3v) is 9.66. The Morgan fingerprint density at radius 2 is 0.931 bits per heavy atom. The molecular weight excluding hydrogens is 524 g/mol. The minimum absolute atomic E-state index is 0.316. The van der Waals surface area contributed by atoms with Gasteiger partial charge in [-0.2, -0.15) is 0 Å².